The lowest BCUT2D eigenvalue weighted by Gasteiger charge is -2.27. The molecular weight excluding hydrogens is 330 g/mol. The molecule has 0 unspecified atom stereocenters. The van der Waals surface area contributed by atoms with Crippen LogP contribution in [-0.4, -0.2) is 49.2 Å². The van der Waals surface area contributed by atoms with Crippen LogP contribution in [0.2, 0.25) is 0 Å². The molecule has 0 saturated heterocycles. The van der Waals surface area contributed by atoms with Gasteiger partial charge >= 0.3 is 0 Å². The zero-order chi connectivity index (χ0) is 20.2. The Morgan fingerprint density at radius 2 is 1.42 bits per heavy atom. The van der Waals surface area contributed by atoms with Gasteiger partial charge in [0.05, 0.1) is 29.9 Å². The zero-order valence-corrected chi connectivity index (χ0v) is 17.4. The van der Waals surface area contributed by atoms with Crippen LogP contribution in [0.4, 0.5) is 0 Å². The number of rotatable bonds is 7. The number of methoxy groups -OCH3 is 1. The van der Waals surface area contributed by atoms with Crippen LogP contribution in [0, 0.1) is 0 Å². The van der Waals surface area contributed by atoms with Crippen molar-refractivity contribution in [3.63, 3.8) is 0 Å². The van der Waals surface area contributed by atoms with Gasteiger partial charge in [0.2, 0.25) is 0 Å². The number of ether oxygens (including phenoxy) is 2. The van der Waals surface area contributed by atoms with Crippen LogP contribution in [0.15, 0.2) is 24.3 Å². The molecule has 5 nitrogen and oxygen atoms in total. The second-order valence-electron chi connectivity index (χ2n) is 6.37. The molecule has 148 valence electrons. The second kappa shape index (κ2) is 12.6. The Balaban J connectivity index is 0.00000113. The lowest BCUT2D eigenvalue weighted by Crippen LogP contribution is -2.36. The van der Waals surface area contributed by atoms with Gasteiger partial charge in [-0.1, -0.05) is 46.2 Å². The van der Waals surface area contributed by atoms with E-state index in [-0.39, 0.29) is 11.8 Å². The Morgan fingerprint density at radius 1 is 0.962 bits per heavy atom. The maximum Gasteiger partial charge on any atom is 0.261 e. The number of carbonyl (C=O) groups is 2. The normalized spacial score (nSPS) is 12.8. The summed E-state index contributed by atoms with van der Waals surface area (Å²) in [6.45, 7) is 13.5. The summed E-state index contributed by atoms with van der Waals surface area (Å²) in [6.07, 6.45) is 1.84. The fourth-order valence-corrected chi connectivity index (χ4v) is 2.30. The van der Waals surface area contributed by atoms with E-state index < -0.39 is 5.60 Å². The quantitative estimate of drug-likeness (QED) is 0.525. The maximum atomic E-state index is 12.2. The molecule has 26 heavy (non-hydrogen) atoms. The van der Waals surface area contributed by atoms with Crippen molar-refractivity contribution < 1.29 is 19.1 Å². The van der Waals surface area contributed by atoms with Gasteiger partial charge in [-0.2, -0.15) is 0 Å². The molecule has 1 aliphatic rings. The van der Waals surface area contributed by atoms with E-state index in [9.17, 15) is 9.59 Å². The molecule has 0 bridgehead atoms. The number of carbonyl (C=O) groups excluding carboxylic acids is 2. The van der Waals surface area contributed by atoms with Crippen molar-refractivity contribution in [3.05, 3.63) is 35.4 Å². The monoisotopic (exact) mass is 365 g/mol. The molecule has 0 aliphatic carbocycles. The smallest absolute Gasteiger partial charge is 0.261 e. The van der Waals surface area contributed by atoms with Gasteiger partial charge in [0.25, 0.3) is 11.8 Å². The van der Waals surface area contributed by atoms with Gasteiger partial charge in [0.15, 0.2) is 0 Å². The molecule has 2 amide bonds. The van der Waals surface area contributed by atoms with E-state index in [1.54, 1.807) is 31.4 Å². The molecule has 0 aromatic heterocycles. The van der Waals surface area contributed by atoms with Crippen molar-refractivity contribution in [3.8, 4) is 0 Å². The van der Waals surface area contributed by atoms with Crippen LogP contribution in [0.3, 0.4) is 0 Å². The number of hydrogen-bond donors (Lipinski definition) is 0. The topological polar surface area (TPSA) is 55.8 Å². The molecule has 0 saturated carbocycles. The van der Waals surface area contributed by atoms with Gasteiger partial charge in [0.1, 0.15) is 0 Å². The zero-order valence-electron chi connectivity index (χ0n) is 17.4. The average Bonchev–Trinajstić information content (AvgIpc) is 2.87. The van der Waals surface area contributed by atoms with Crippen molar-refractivity contribution >= 4 is 11.8 Å². The highest BCUT2D eigenvalue weighted by Crippen LogP contribution is 2.24. The summed E-state index contributed by atoms with van der Waals surface area (Å²) in [5.41, 5.74) is 0.564. The molecule has 0 atom stereocenters. The minimum absolute atomic E-state index is 0.219. The van der Waals surface area contributed by atoms with E-state index in [1.165, 1.54) is 11.3 Å². The summed E-state index contributed by atoms with van der Waals surface area (Å²) in [5, 5.41) is 0. The summed E-state index contributed by atoms with van der Waals surface area (Å²) in [7, 11) is 1.62. The standard InChI is InChI=1S/C16H21NO4.C3H8.C2H6/c1-16(2,21-11-10-20-3)8-9-17-14(18)12-6-4-5-7-13(12)15(17)19;1-3-2;1-2/h4-7H,8-11H2,1-3H3;3H2,1-2H3;1-2H3. The number of amides is 2. The first-order valence-corrected chi connectivity index (χ1v) is 9.46. The Morgan fingerprint density at radius 3 is 1.85 bits per heavy atom. The van der Waals surface area contributed by atoms with E-state index in [2.05, 4.69) is 13.8 Å². The first kappa shape index (κ1) is 24.3. The number of imide groups is 1. The summed E-state index contributed by atoms with van der Waals surface area (Å²) >= 11 is 0. The molecule has 5 heteroatoms. The van der Waals surface area contributed by atoms with Crippen LogP contribution in [0.25, 0.3) is 0 Å². The van der Waals surface area contributed by atoms with E-state index in [1.807, 2.05) is 27.7 Å². The lowest BCUT2D eigenvalue weighted by atomic mass is 10.0. The number of nitrogens with zero attached hydrogens (tertiary/aromatic N) is 1. The highest BCUT2D eigenvalue weighted by Gasteiger charge is 2.35. The van der Waals surface area contributed by atoms with Crippen molar-refractivity contribution in [2.75, 3.05) is 26.9 Å². The predicted octanol–water partition coefficient (Wildman–Crippen LogP) is 4.56. The van der Waals surface area contributed by atoms with Gasteiger partial charge in [0, 0.05) is 13.7 Å². The molecule has 1 heterocycles. The first-order valence-electron chi connectivity index (χ1n) is 9.46. The summed E-state index contributed by atoms with van der Waals surface area (Å²) in [4.78, 5) is 25.8. The maximum absolute atomic E-state index is 12.2. The largest absolute Gasteiger partial charge is 0.382 e. The van der Waals surface area contributed by atoms with Crippen LogP contribution in [-0.2, 0) is 9.47 Å². The fourth-order valence-electron chi connectivity index (χ4n) is 2.30. The number of benzene rings is 1. The molecule has 1 aromatic carbocycles. The number of fused-ring (bicyclic) bond motifs is 1. The highest BCUT2D eigenvalue weighted by molar-refractivity contribution is 6.21. The molecule has 2 rings (SSSR count). The van der Waals surface area contributed by atoms with Crippen LogP contribution in [0.5, 0.6) is 0 Å². The van der Waals surface area contributed by atoms with Gasteiger partial charge in [-0.3, -0.25) is 14.5 Å². The third-order valence-corrected chi connectivity index (χ3v) is 3.60. The van der Waals surface area contributed by atoms with E-state index in [0.717, 1.165) is 0 Å². The van der Waals surface area contributed by atoms with Gasteiger partial charge in [-0.15, -0.1) is 0 Å². The number of hydrogen-bond acceptors (Lipinski definition) is 4. The summed E-state index contributed by atoms with van der Waals surface area (Å²) < 4.78 is 10.7. The summed E-state index contributed by atoms with van der Waals surface area (Å²) in [5.74, 6) is -0.438. The Bertz CT molecular complexity index is 520. The summed E-state index contributed by atoms with van der Waals surface area (Å²) in [6, 6.07) is 6.92. The third kappa shape index (κ3) is 7.26. The van der Waals surface area contributed by atoms with E-state index in [4.69, 9.17) is 9.47 Å². The third-order valence-electron chi connectivity index (χ3n) is 3.60. The van der Waals surface area contributed by atoms with Crippen LogP contribution < -0.4 is 0 Å². The molecule has 0 radical (unpaired) electrons. The minimum atomic E-state index is -0.409. The predicted molar refractivity (Wildman–Crippen MR) is 106 cm³/mol. The molecule has 0 fully saturated rings. The van der Waals surface area contributed by atoms with Crippen molar-refractivity contribution in [2.24, 2.45) is 0 Å². The average molecular weight is 366 g/mol. The Kier molecular flexibility index (Phi) is 11.8. The fraction of sp³-hybridized carbons (Fsp3) is 0.619. The molecule has 0 N–H and O–H groups in total. The minimum Gasteiger partial charge on any atom is -0.382 e. The lowest BCUT2D eigenvalue weighted by molar-refractivity contribution is -0.0460. The van der Waals surface area contributed by atoms with Gasteiger partial charge < -0.3 is 9.47 Å². The molecule has 0 spiro atoms. The van der Waals surface area contributed by atoms with Gasteiger partial charge in [-0.25, -0.2) is 0 Å². The SMILES string of the molecule is CC.CCC.COCCOC(C)(C)CCN1C(=O)c2ccccc2C1=O. The van der Waals surface area contributed by atoms with Crippen LogP contribution in [0.1, 0.15) is 75.1 Å². The van der Waals surface area contributed by atoms with E-state index >= 15 is 0 Å². The Labute approximate surface area is 158 Å². The first-order chi connectivity index (χ1) is 12.4. The Hall–Kier alpha value is -1.72. The van der Waals surface area contributed by atoms with E-state index in [0.29, 0.717) is 37.3 Å². The van der Waals surface area contributed by atoms with Crippen molar-refractivity contribution in [2.45, 2.75) is 60.0 Å². The molecular formula is C21H35NO4. The van der Waals surface area contributed by atoms with Crippen molar-refractivity contribution in [1.82, 2.24) is 4.90 Å². The highest BCUT2D eigenvalue weighted by atomic mass is 16.5. The van der Waals surface area contributed by atoms with Crippen LogP contribution >= 0.6 is 0 Å². The molecule has 1 aromatic rings. The van der Waals surface area contributed by atoms with Gasteiger partial charge in [-0.05, 0) is 32.4 Å². The van der Waals surface area contributed by atoms with Crippen molar-refractivity contribution in [1.29, 1.82) is 0 Å². The molecule has 1 aliphatic heterocycles. The second-order valence-corrected chi connectivity index (χ2v) is 6.37.